The minimum atomic E-state index is -0.180. The van der Waals surface area contributed by atoms with Crippen LogP contribution in [0.25, 0.3) is 0 Å². The number of aryl methyl sites for hydroxylation is 1. The van der Waals surface area contributed by atoms with Gasteiger partial charge in [0.15, 0.2) is 10.1 Å². The molecule has 0 radical (unpaired) electrons. The topological polar surface area (TPSA) is 52.1 Å². The highest BCUT2D eigenvalue weighted by Gasteiger charge is 2.18. The fraction of sp³-hybridized carbons (Fsp3) is 0.308. The monoisotopic (exact) mass is 294 g/mol. The Morgan fingerprint density at radius 3 is 2.58 bits per heavy atom. The molecule has 6 heteroatoms. The zero-order valence-electron chi connectivity index (χ0n) is 10.9. The van der Waals surface area contributed by atoms with Crippen LogP contribution in [-0.4, -0.2) is 27.5 Å². The fourth-order valence-electron chi connectivity index (χ4n) is 1.52. The zero-order valence-corrected chi connectivity index (χ0v) is 12.5. The van der Waals surface area contributed by atoms with Gasteiger partial charge in [-0.05, 0) is 49.6 Å². The molecular weight excluding hydrogens is 280 g/mol. The molecule has 2 rings (SSSR count). The van der Waals surface area contributed by atoms with Crippen molar-refractivity contribution >= 4 is 29.1 Å². The van der Waals surface area contributed by atoms with Gasteiger partial charge in [-0.2, -0.15) is 4.37 Å². The first-order valence-corrected chi connectivity index (χ1v) is 7.40. The molecular formula is C13H14N2O2S2. The van der Waals surface area contributed by atoms with Gasteiger partial charge in [0.25, 0.3) is 0 Å². The van der Waals surface area contributed by atoms with Crippen LogP contribution in [0.2, 0.25) is 0 Å². The van der Waals surface area contributed by atoms with Crippen molar-refractivity contribution in [3.05, 3.63) is 35.7 Å². The molecule has 0 fully saturated rings. The molecule has 0 N–H and O–H groups in total. The summed E-state index contributed by atoms with van der Waals surface area (Å²) in [5.41, 5.74) is 0.682. The van der Waals surface area contributed by atoms with E-state index < -0.39 is 0 Å². The average molecular weight is 294 g/mol. The van der Waals surface area contributed by atoms with E-state index in [-0.39, 0.29) is 11.0 Å². The van der Waals surface area contributed by atoms with Gasteiger partial charge < -0.3 is 4.74 Å². The maximum absolute atomic E-state index is 12.3. The first-order valence-electron chi connectivity index (χ1n) is 5.75. The van der Waals surface area contributed by atoms with Crippen LogP contribution in [0.3, 0.4) is 0 Å². The van der Waals surface area contributed by atoms with E-state index in [1.165, 1.54) is 23.3 Å². The molecule has 0 aliphatic carbocycles. The number of hydrogen-bond acceptors (Lipinski definition) is 6. The second-order valence-electron chi connectivity index (χ2n) is 3.96. The lowest BCUT2D eigenvalue weighted by atomic mass is 10.1. The van der Waals surface area contributed by atoms with Crippen LogP contribution in [0.1, 0.15) is 23.1 Å². The second kappa shape index (κ2) is 6.16. The zero-order chi connectivity index (χ0) is 13.8. The molecule has 1 atom stereocenters. The van der Waals surface area contributed by atoms with Crippen LogP contribution in [0.5, 0.6) is 5.75 Å². The molecule has 1 aromatic carbocycles. The number of ether oxygens (including phenoxy) is 1. The highest BCUT2D eigenvalue weighted by atomic mass is 32.2. The molecule has 1 heterocycles. The molecule has 0 aliphatic heterocycles. The minimum absolute atomic E-state index is 0.0838. The number of nitrogens with zero attached hydrogens (tertiary/aromatic N) is 2. The third-order valence-corrected chi connectivity index (χ3v) is 4.51. The van der Waals surface area contributed by atoms with E-state index in [1.807, 2.05) is 13.8 Å². The molecule has 19 heavy (non-hydrogen) atoms. The third-order valence-electron chi connectivity index (χ3n) is 2.53. The van der Waals surface area contributed by atoms with Crippen molar-refractivity contribution < 1.29 is 9.53 Å². The van der Waals surface area contributed by atoms with Crippen molar-refractivity contribution in [2.75, 3.05) is 7.11 Å². The van der Waals surface area contributed by atoms with Gasteiger partial charge in [0.2, 0.25) is 0 Å². The maximum Gasteiger partial charge on any atom is 0.175 e. The number of benzene rings is 1. The molecule has 0 aliphatic rings. The number of carbonyl (C=O) groups is 1. The predicted octanol–water partition coefficient (Wildman–Crippen LogP) is 3.22. The van der Waals surface area contributed by atoms with E-state index in [4.69, 9.17) is 4.74 Å². The van der Waals surface area contributed by atoms with Crippen molar-refractivity contribution in [3.63, 3.8) is 0 Å². The van der Waals surface area contributed by atoms with E-state index in [0.29, 0.717) is 5.56 Å². The molecule has 100 valence electrons. The SMILES string of the molecule is COc1ccc(C(=O)C(C)Sc2nc(C)ns2)cc1. The first kappa shape index (κ1) is 14.0. The van der Waals surface area contributed by atoms with Gasteiger partial charge in [0, 0.05) is 5.56 Å². The van der Waals surface area contributed by atoms with Crippen molar-refractivity contribution in [3.8, 4) is 5.75 Å². The summed E-state index contributed by atoms with van der Waals surface area (Å²) in [6.45, 7) is 3.73. The number of rotatable bonds is 5. The average Bonchev–Trinajstić information content (AvgIpc) is 2.83. The van der Waals surface area contributed by atoms with Crippen LogP contribution in [0.4, 0.5) is 0 Å². The van der Waals surface area contributed by atoms with Gasteiger partial charge in [0.1, 0.15) is 11.6 Å². The van der Waals surface area contributed by atoms with Crippen molar-refractivity contribution in [1.82, 2.24) is 9.36 Å². The third kappa shape index (κ3) is 3.54. The number of methoxy groups -OCH3 is 1. The molecule has 1 unspecified atom stereocenters. The van der Waals surface area contributed by atoms with Crippen LogP contribution in [0.15, 0.2) is 28.6 Å². The summed E-state index contributed by atoms with van der Waals surface area (Å²) in [6.07, 6.45) is 0. The van der Waals surface area contributed by atoms with Gasteiger partial charge in [-0.15, -0.1) is 0 Å². The first-order chi connectivity index (χ1) is 9.10. The summed E-state index contributed by atoms with van der Waals surface area (Å²) in [4.78, 5) is 16.5. The molecule has 2 aromatic rings. The second-order valence-corrected chi connectivity index (χ2v) is 6.30. The lowest BCUT2D eigenvalue weighted by Gasteiger charge is -2.08. The Labute approximate surface area is 120 Å². The summed E-state index contributed by atoms with van der Waals surface area (Å²) in [5.74, 6) is 1.58. The predicted molar refractivity (Wildman–Crippen MR) is 77.3 cm³/mol. The molecule has 0 bridgehead atoms. The Balaban J connectivity index is 2.05. The molecule has 0 spiro atoms. The summed E-state index contributed by atoms with van der Waals surface area (Å²) >= 11 is 2.77. The molecule has 0 saturated carbocycles. The smallest absolute Gasteiger partial charge is 0.175 e. The number of carbonyl (C=O) groups excluding carboxylic acids is 1. The Morgan fingerprint density at radius 2 is 2.05 bits per heavy atom. The summed E-state index contributed by atoms with van der Waals surface area (Å²) in [7, 11) is 1.60. The highest BCUT2D eigenvalue weighted by Crippen LogP contribution is 2.27. The van der Waals surface area contributed by atoms with Crippen LogP contribution in [0, 0.1) is 6.92 Å². The van der Waals surface area contributed by atoms with Crippen LogP contribution in [-0.2, 0) is 0 Å². The van der Waals surface area contributed by atoms with E-state index in [0.717, 1.165) is 15.9 Å². The summed E-state index contributed by atoms with van der Waals surface area (Å²) in [5, 5.41) is -0.180. The Morgan fingerprint density at radius 1 is 1.37 bits per heavy atom. The lowest BCUT2D eigenvalue weighted by molar-refractivity contribution is 0.0994. The Hall–Kier alpha value is -1.40. The molecule has 0 amide bonds. The van der Waals surface area contributed by atoms with Gasteiger partial charge in [-0.1, -0.05) is 11.8 Å². The van der Waals surface area contributed by atoms with E-state index in [2.05, 4.69) is 9.36 Å². The summed E-state index contributed by atoms with van der Waals surface area (Å²) in [6, 6.07) is 7.15. The largest absolute Gasteiger partial charge is 0.497 e. The van der Waals surface area contributed by atoms with Crippen molar-refractivity contribution in [1.29, 1.82) is 0 Å². The van der Waals surface area contributed by atoms with Gasteiger partial charge in [0.05, 0.1) is 12.4 Å². The minimum Gasteiger partial charge on any atom is -0.497 e. The van der Waals surface area contributed by atoms with Gasteiger partial charge in [-0.25, -0.2) is 4.98 Å². The molecule has 4 nitrogen and oxygen atoms in total. The summed E-state index contributed by atoms with van der Waals surface area (Å²) < 4.78 is 10.0. The number of ketones is 1. The number of thioether (sulfide) groups is 1. The molecule has 1 aromatic heterocycles. The van der Waals surface area contributed by atoms with Crippen molar-refractivity contribution in [2.24, 2.45) is 0 Å². The Bertz CT molecular complexity index is 566. The number of hydrogen-bond donors (Lipinski definition) is 0. The van der Waals surface area contributed by atoms with Gasteiger partial charge >= 0.3 is 0 Å². The number of Topliss-reactive ketones (excluding diaryl/α,β-unsaturated/α-hetero) is 1. The van der Waals surface area contributed by atoms with Crippen LogP contribution >= 0.6 is 23.3 Å². The number of aromatic nitrogens is 2. The highest BCUT2D eigenvalue weighted by molar-refractivity contribution is 8.02. The van der Waals surface area contributed by atoms with Crippen LogP contribution < -0.4 is 4.74 Å². The molecule has 0 saturated heterocycles. The normalized spacial score (nSPS) is 12.2. The Kier molecular flexibility index (Phi) is 4.55. The quantitative estimate of drug-likeness (QED) is 0.626. The van der Waals surface area contributed by atoms with E-state index in [9.17, 15) is 4.79 Å². The fourth-order valence-corrected chi connectivity index (χ4v) is 3.39. The van der Waals surface area contributed by atoms with E-state index in [1.54, 1.807) is 31.4 Å². The van der Waals surface area contributed by atoms with E-state index >= 15 is 0 Å². The maximum atomic E-state index is 12.3. The van der Waals surface area contributed by atoms with Crippen molar-refractivity contribution in [2.45, 2.75) is 23.4 Å². The van der Waals surface area contributed by atoms with Gasteiger partial charge in [-0.3, -0.25) is 4.79 Å². The lowest BCUT2D eigenvalue weighted by Crippen LogP contribution is -2.13. The standard InChI is InChI=1S/C13H14N2O2S2/c1-8(18-13-14-9(2)15-19-13)12(16)10-4-6-11(17-3)7-5-10/h4-8H,1-3H3.